The van der Waals surface area contributed by atoms with Crippen LogP contribution in [0.3, 0.4) is 0 Å². The zero-order chi connectivity index (χ0) is 14.1. The molecule has 0 aliphatic carbocycles. The molecule has 0 radical (unpaired) electrons. The minimum absolute atomic E-state index is 0.0446. The SMILES string of the molecule is C/C=C/CCNC(=O)C(c1ccccc1)C(C)CC. The summed E-state index contributed by atoms with van der Waals surface area (Å²) in [5.74, 6) is 0.450. The van der Waals surface area contributed by atoms with E-state index in [4.69, 9.17) is 0 Å². The highest BCUT2D eigenvalue weighted by Crippen LogP contribution is 2.26. The number of nitrogens with one attached hydrogen (secondary N) is 1. The van der Waals surface area contributed by atoms with Crippen molar-refractivity contribution in [1.29, 1.82) is 0 Å². The summed E-state index contributed by atoms with van der Waals surface area (Å²) in [6, 6.07) is 10.1. The van der Waals surface area contributed by atoms with E-state index < -0.39 is 0 Å². The van der Waals surface area contributed by atoms with E-state index in [0.29, 0.717) is 12.5 Å². The molecular formula is C17H25NO. The molecule has 0 saturated heterocycles. The van der Waals surface area contributed by atoms with E-state index in [9.17, 15) is 4.79 Å². The average molecular weight is 259 g/mol. The van der Waals surface area contributed by atoms with E-state index in [1.807, 2.05) is 43.3 Å². The molecule has 0 spiro atoms. The number of rotatable bonds is 7. The summed E-state index contributed by atoms with van der Waals surface area (Å²) in [6.07, 6.45) is 5.97. The Labute approximate surface area is 116 Å². The summed E-state index contributed by atoms with van der Waals surface area (Å²) in [5.41, 5.74) is 1.11. The molecule has 1 aromatic rings. The van der Waals surface area contributed by atoms with Crippen LogP contribution in [0.4, 0.5) is 0 Å². The van der Waals surface area contributed by atoms with Crippen molar-refractivity contribution in [3.8, 4) is 0 Å². The standard InChI is InChI=1S/C17H25NO/c1-4-6-10-13-18-17(19)16(14(3)5-2)15-11-8-7-9-12-15/h4,6-9,11-12,14,16H,5,10,13H2,1-3H3,(H,18,19)/b6-4+. The molecule has 2 atom stereocenters. The number of carbonyl (C=O) groups is 1. The van der Waals surface area contributed by atoms with Crippen LogP contribution in [0, 0.1) is 5.92 Å². The third-order valence-corrected chi connectivity index (χ3v) is 3.50. The molecule has 0 bridgehead atoms. The van der Waals surface area contributed by atoms with Gasteiger partial charge in [-0.2, -0.15) is 0 Å². The fourth-order valence-electron chi connectivity index (χ4n) is 2.19. The Kier molecular flexibility index (Phi) is 6.94. The number of hydrogen-bond acceptors (Lipinski definition) is 1. The quantitative estimate of drug-likeness (QED) is 0.584. The van der Waals surface area contributed by atoms with Crippen LogP contribution in [0.5, 0.6) is 0 Å². The van der Waals surface area contributed by atoms with Crippen molar-refractivity contribution < 1.29 is 4.79 Å². The predicted octanol–water partition coefficient (Wildman–Crippen LogP) is 3.90. The lowest BCUT2D eigenvalue weighted by atomic mass is 9.85. The van der Waals surface area contributed by atoms with Gasteiger partial charge in [-0.15, -0.1) is 0 Å². The highest BCUT2D eigenvalue weighted by molar-refractivity contribution is 5.83. The molecule has 0 aliphatic rings. The number of allylic oxidation sites excluding steroid dienone is 1. The van der Waals surface area contributed by atoms with Crippen LogP contribution >= 0.6 is 0 Å². The summed E-state index contributed by atoms with van der Waals surface area (Å²) >= 11 is 0. The molecule has 1 aromatic carbocycles. The van der Waals surface area contributed by atoms with Crippen LogP contribution in [-0.4, -0.2) is 12.5 Å². The largest absolute Gasteiger partial charge is 0.355 e. The minimum Gasteiger partial charge on any atom is -0.355 e. The van der Waals surface area contributed by atoms with Crippen LogP contribution in [-0.2, 0) is 4.79 Å². The van der Waals surface area contributed by atoms with Crippen LogP contribution in [0.1, 0.15) is 45.1 Å². The van der Waals surface area contributed by atoms with Crippen molar-refractivity contribution in [2.75, 3.05) is 6.54 Å². The van der Waals surface area contributed by atoms with Gasteiger partial charge in [-0.25, -0.2) is 0 Å². The third-order valence-electron chi connectivity index (χ3n) is 3.50. The smallest absolute Gasteiger partial charge is 0.227 e. The lowest BCUT2D eigenvalue weighted by Crippen LogP contribution is -2.33. The molecule has 0 aliphatic heterocycles. The van der Waals surface area contributed by atoms with Gasteiger partial charge in [-0.05, 0) is 24.8 Å². The summed E-state index contributed by atoms with van der Waals surface area (Å²) < 4.78 is 0. The molecule has 19 heavy (non-hydrogen) atoms. The fraction of sp³-hybridized carbons (Fsp3) is 0.471. The van der Waals surface area contributed by atoms with E-state index >= 15 is 0 Å². The van der Waals surface area contributed by atoms with Gasteiger partial charge in [0.25, 0.3) is 0 Å². The lowest BCUT2D eigenvalue weighted by molar-refractivity contribution is -0.123. The molecule has 0 heterocycles. The van der Waals surface area contributed by atoms with Crippen LogP contribution in [0.2, 0.25) is 0 Å². The van der Waals surface area contributed by atoms with Crippen molar-refractivity contribution >= 4 is 5.91 Å². The van der Waals surface area contributed by atoms with Gasteiger partial charge in [0.2, 0.25) is 5.91 Å². The van der Waals surface area contributed by atoms with Crippen molar-refractivity contribution in [2.24, 2.45) is 5.92 Å². The molecule has 2 unspecified atom stereocenters. The molecule has 0 saturated carbocycles. The first-order valence-electron chi connectivity index (χ1n) is 7.14. The Bertz CT molecular complexity index is 397. The summed E-state index contributed by atoms with van der Waals surface area (Å²) in [4.78, 5) is 12.4. The van der Waals surface area contributed by atoms with Crippen molar-refractivity contribution in [2.45, 2.75) is 39.5 Å². The molecule has 1 amide bonds. The summed E-state index contributed by atoms with van der Waals surface area (Å²) in [5, 5.41) is 3.04. The maximum absolute atomic E-state index is 12.4. The maximum Gasteiger partial charge on any atom is 0.227 e. The monoisotopic (exact) mass is 259 g/mol. The maximum atomic E-state index is 12.4. The number of hydrogen-bond donors (Lipinski definition) is 1. The van der Waals surface area contributed by atoms with Gasteiger partial charge in [0.05, 0.1) is 5.92 Å². The molecule has 0 aromatic heterocycles. The van der Waals surface area contributed by atoms with Crippen molar-refractivity contribution in [3.05, 3.63) is 48.0 Å². The third kappa shape index (κ3) is 4.90. The van der Waals surface area contributed by atoms with E-state index in [-0.39, 0.29) is 11.8 Å². The predicted molar refractivity (Wildman–Crippen MR) is 81.1 cm³/mol. The van der Waals surface area contributed by atoms with Crippen molar-refractivity contribution in [1.82, 2.24) is 5.32 Å². The Hall–Kier alpha value is -1.57. The highest BCUT2D eigenvalue weighted by Gasteiger charge is 2.25. The van der Waals surface area contributed by atoms with Gasteiger partial charge in [0.15, 0.2) is 0 Å². The van der Waals surface area contributed by atoms with Gasteiger partial charge < -0.3 is 5.32 Å². The summed E-state index contributed by atoms with van der Waals surface area (Å²) in [7, 11) is 0. The van der Waals surface area contributed by atoms with Gasteiger partial charge in [0, 0.05) is 6.54 Å². The Morgan fingerprint density at radius 3 is 2.58 bits per heavy atom. The first-order valence-corrected chi connectivity index (χ1v) is 7.14. The van der Waals surface area contributed by atoms with E-state index in [0.717, 1.165) is 18.4 Å². The Balaban J connectivity index is 2.72. The lowest BCUT2D eigenvalue weighted by Gasteiger charge is -2.22. The van der Waals surface area contributed by atoms with E-state index in [1.165, 1.54) is 0 Å². The van der Waals surface area contributed by atoms with Gasteiger partial charge >= 0.3 is 0 Å². The Morgan fingerprint density at radius 2 is 2.00 bits per heavy atom. The van der Waals surface area contributed by atoms with E-state index in [1.54, 1.807) is 0 Å². The molecule has 2 heteroatoms. The number of amides is 1. The van der Waals surface area contributed by atoms with Crippen LogP contribution in [0.15, 0.2) is 42.5 Å². The molecule has 1 N–H and O–H groups in total. The first kappa shape index (κ1) is 15.5. The highest BCUT2D eigenvalue weighted by atomic mass is 16.1. The second kappa shape index (κ2) is 8.52. The van der Waals surface area contributed by atoms with Gasteiger partial charge in [-0.1, -0.05) is 62.8 Å². The Morgan fingerprint density at radius 1 is 1.32 bits per heavy atom. The molecular weight excluding hydrogens is 234 g/mol. The normalized spacial score (nSPS) is 14.3. The zero-order valence-corrected chi connectivity index (χ0v) is 12.2. The van der Waals surface area contributed by atoms with Crippen molar-refractivity contribution in [3.63, 3.8) is 0 Å². The van der Waals surface area contributed by atoms with Gasteiger partial charge in [-0.3, -0.25) is 4.79 Å². The average Bonchev–Trinajstić information content (AvgIpc) is 2.45. The molecule has 2 nitrogen and oxygen atoms in total. The number of carbonyl (C=O) groups excluding carboxylic acids is 1. The fourth-order valence-corrected chi connectivity index (χ4v) is 2.19. The first-order chi connectivity index (χ1) is 9.20. The second-order valence-electron chi connectivity index (χ2n) is 4.92. The molecule has 1 rings (SSSR count). The summed E-state index contributed by atoms with van der Waals surface area (Å²) in [6.45, 7) is 6.98. The minimum atomic E-state index is -0.0446. The molecule has 104 valence electrons. The molecule has 0 fully saturated rings. The van der Waals surface area contributed by atoms with Crippen LogP contribution < -0.4 is 5.32 Å². The van der Waals surface area contributed by atoms with Gasteiger partial charge in [0.1, 0.15) is 0 Å². The second-order valence-corrected chi connectivity index (χ2v) is 4.92. The van der Waals surface area contributed by atoms with E-state index in [2.05, 4.69) is 25.2 Å². The zero-order valence-electron chi connectivity index (χ0n) is 12.2. The topological polar surface area (TPSA) is 29.1 Å². The number of benzene rings is 1. The van der Waals surface area contributed by atoms with Crippen LogP contribution in [0.25, 0.3) is 0 Å².